The van der Waals surface area contributed by atoms with E-state index < -0.39 is 38.5 Å². The molecule has 0 amide bonds. The number of hydrogen-bond donors (Lipinski definition) is 1. The Kier molecular flexibility index (Phi) is 6.59. The average Bonchev–Trinajstić information content (AvgIpc) is 2.72. The second-order valence-electron chi connectivity index (χ2n) is 6.31. The zero-order valence-corrected chi connectivity index (χ0v) is 17.2. The lowest BCUT2D eigenvalue weighted by Crippen LogP contribution is -2.16. The molecule has 0 saturated carbocycles. The Bertz CT molecular complexity index is 1220. The summed E-state index contributed by atoms with van der Waals surface area (Å²) in [4.78, 5) is 23.9. The van der Waals surface area contributed by atoms with Crippen LogP contribution in [0.1, 0.15) is 21.9 Å². The monoisotopic (exact) mass is 448 g/mol. The number of aryl methyl sites for hydroxylation is 1. The van der Waals surface area contributed by atoms with Gasteiger partial charge in [-0.05, 0) is 17.7 Å². The minimum absolute atomic E-state index is 0.0217. The number of carbonyl (C=O) groups is 1. The van der Waals surface area contributed by atoms with Gasteiger partial charge in [-0.15, -0.1) is 0 Å². The zero-order valence-electron chi connectivity index (χ0n) is 15.6. The number of benzene rings is 2. The summed E-state index contributed by atoms with van der Waals surface area (Å²) in [7, 11) is -3.76. The number of hydrogen-bond acceptors (Lipinski definition) is 6. The van der Waals surface area contributed by atoms with Crippen LogP contribution in [-0.2, 0) is 22.9 Å². The number of carboxylic acids is 1. The molecule has 9 heteroatoms. The van der Waals surface area contributed by atoms with E-state index in [1.54, 1.807) is 36.4 Å². The second kappa shape index (κ2) is 9.15. The quantitative estimate of drug-likeness (QED) is 0.560. The Morgan fingerprint density at radius 2 is 1.73 bits per heavy atom. The van der Waals surface area contributed by atoms with Gasteiger partial charge in [0.15, 0.2) is 9.84 Å². The fourth-order valence-corrected chi connectivity index (χ4v) is 4.53. The molecular formula is C21H17ClO7S. The van der Waals surface area contributed by atoms with E-state index in [0.717, 1.165) is 11.6 Å². The third-order valence-corrected chi connectivity index (χ3v) is 6.37. The second-order valence-corrected chi connectivity index (χ2v) is 8.80. The molecule has 0 fully saturated rings. The number of sulfone groups is 1. The third-order valence-electron chi connectivity index (χ3n) is 4.16. The Morgan fingerprint density at radius 3 is 2.40 bits per heavy atom. The van der Waals surface area contributed by atoms with E-state index in [2.05, 4.69) is 0 Å². The maximum absolute atomic E-state index is 12.5. The van der Waals surface area contributed by atoms with Gasteiger partial charge in [0.25, 0.3) is 5.76 Å². The molecule has 1 heterocycles. The van der Waals surface area contributed by atoms with Gasteiger partial charge >= 0.3 is 5.97 Å². The van der Waals surface area contributed by atoms with Crippen molar-refractivity contribution in [2.75, 3.05) is 5.75 Å². The van der Waals surface area contributed by atoms with Gasteiger partial charge in [-0.25, -0.2) is 13.2 Å². The maximum Gasteiger partial charge on any atom is 0.375 e. The Balaban J connectivity index is 1.82. The predicted octanol–water partition coefficient (Wildman–Crippen LogP) is 3.59. The standard InChI is InChI=1S/C21H17ClO7S/c22-16-8-4-5-9-18(16)30(26,27)11-10-15-12-17(23)19(20(29-15)21(24)25)28-13-14-6-2-1-3-7-14/h1-9,12H,10-11,13H2,(H,24,25). The minimum Gasteiger partial charge on any atom is -0.481 e. The van der Waals surface area contributed by atoms with E-state index in [1.165, 1.54) is 12.1 Å². The highest BCUT2D eigenvalue weighted by atomic mass is 35.5. The van der Waals surface area contributed by atoms with Crippen molar-refractivity contribution < 1.29 is 27.5 Å². The summed E-state index contributed by atoms with van der Waals surface area (Å²) in [6, 6.07) is 15.9. The van der Waals surface area contributed by atoms with Gasteiger partial charge in [0.1, 0.15) is 12.4 Å². The first-order chi connectivity index (χ1) is 14.3. The normalized spacial score (nSPS) is 11.2. The molecule has 0 atom stereocenters. The van der Waals surface area contributed by atoms with Crippen molar-refractivity contribution in [3.8, 4) is 5.75 Å². The van der Waals surface area contributed by atoms with E-state index in [4.69, 9.17) is 20.8 Å². The van der Waals surface area contributed by atoms with Crippen molar-refractivity contribution in [1.29, 1.82) is 0 Å². The van der Waals surface area contributed by atoms with Crippen LogP contribution in [0.4, 0.5) is 0 Å². The zero-order chi connectivity index (χ0) is 21.7. The van der Waals surface area contributed by atoms with Crippen molar-refractivity contribution in [1.82, 2.24) is 0 Å². The van der Waals surface area contributed by atoms with Gasteiger partial charge in [-0.1, -0.05) is 54.1 Å². The van der Waals surface area contributed by atoms with E-state index in [-0.39, 0.29) is 28.7 Å². The lowest BCUT2D eigenvalue weighted by atomic mass is 10.2. The van der Waals surface area contributed by atoms with Crippen LogP contribution in [0, 0.1) is 0 Å². The molecule has 0 unspecified atom stereocenters. The highest BCUT2D eigenvalue weighted by Gasteiger charge is 2.23. The van der Waals surface area contributed by atoms with Crippen LogP contribution >= 0.6 is 11.6 Å². The Morgan fingerprint density at radius 1 is 1.07 bits per heavy atom. The molecule has 0 bridgehead atoms. The molecule has 1 N–H and O–H groups in total. The molecule has 7 nitrogen and oxygen atoms in total. The molecular weight excluding hydrogens is 432 g/mol. The first-order valence-electron chi connectivity index (χ1n) is 8.82. The van der Waals surface area contributed by atoms with Gasteiger partial charge in [0.05, 0.1) is 15.7 Å². The number of rotatable bonds is 8. The van der Waals surface area contributed by atoms with Crippen molar-refractivity contribution in [2.24, 2.45) is 0 Å². The smallest absolute Gasteiger partial charge is 0.375 e. The molecule has 1 aromatic heterocycles. The van der Waals surface area contributed by atoms with Gasteiger partial charge in [0.2, 0.25) is 11.2 Å². The predicted molar refractivity (Wildman–Crippen MR) is 110 cm³/mol. The number of halogens is 1. The SMILES string of the molecule is O=C(O)c1oc(CCS(=O)(=O)c2ccccc2Cl)cc(=O)c1OCc1ccccc1. The largest absolute Gasteiger partial charge is 0.481 e. The summed E-state index contributed by atoms with van der Waals surface area (Å²) in [6.45, 7) is -0.0217. The van der Waals surface area contributed by atoms with Crippen molar-refractivity contribution >= 4 is 27.4 Å². The molecule has 2 aromatic carbocycles. The molecule has 0 saturated heterocycles. The minimum atomic E-state index is -3.76. The molecule has 0 aliphatic heterocycles. The first kappa shape index (κ1) is 21.6. The summed E-state index contributed by atoms with van der Waals surface area (Å²) < 4.78 is 35.7. The van der Waals surface area contributed by atoms with Crippen molar-refractivity contribution in [3.63, 3.8) is 0 Å². The van der Waals surface area contributed by atoms with Crippen LogP contribution in [0.5, 0.6) is 5.75 Å². The molecule has 30 heavy (non-hydrogen) atoms. The summed E-state index contributed by atoms with van der Waals surface area (Å²) >= 11 is 5.94. The summed E-state index contributed by atoms with van der Waals surface area (Å²) in [6.07, 6.45) is -0.206. The molecule has 0 spiro atoms. The van der Waals surface area contributed by atoms with Crippen LogP contribution in [0.3, 0.4) is 0 Å². The van der Waals surface area contributed by atoms with E-state index >= 15 is 0 Å². The summed E-state index contributed by atoms with van der Waals surface area (Å²) in [5.41, 5.74) is 0.0304. The van der Waals surface area contributed by atoms with E-state index in [1.807, 2.05) is 6.07 Å². The highest BCUT2D eigenvalue weighted by Crippen LogP contribution is 2.23. The first-order valence-corrected chi connectivity index (χ1v) is 10.9. The average molecular weight is 449 g/mol. The van der Waals surface area contributed by atoms with Gasteiger partial charge in [-0.2, -0.15) is 0 Å². The van der Waals surface area contributed by atoms with Gasteiger partial charge in [0, 0.05) is 12.5 Å². The Labute approximate surface area is 177 Å². The molecule has 156 valence electrons. The highest BCUT2D eigenvalue weighted by molar-refractivity contribution is 7.91. The molecule has 0 aliphatic carbocycles. The molecule has 0 aliphatic rings. The number of ether oxygens (including phenoxy) is 1. The maximum atomic E-state index is 12.5. The van der Waals surface area contributed by atoms with E-state index in [0.29, 0.717) is 0 Å². The lowest BCUT2D eigenvalue weighted by molar-refractivity contribution is 0.0647. The van der Waals surface area contributed by atoms with Gasteiger partial charge in [-0.3, -0.25) is 4.79 Å². The van der Waals surface area contributed by atoms with Crippen LogP contribution < -0.4 is 10.2 Å². The topological polar surface area (TPSA) is 111 Å². The number of carboxylic acid groups (broad SMARTS) is 1. The fraction of sp³-hybridized carbons (Fsp3) is 0.143. The molecule has 3 aromatic rings. The summed E-state index contributed by atoms with van der Waals surface area (Å²) in [5, 5.41) is 9.48. The fourth-order valence-electron chi connectivity index (χ4n) is 2.70. The van der Waals surface area contributed by atoms with Crippen LogP contribution in [0.25, 0.3) is 0 Å². The van der Waals surface area contributed by atoms with Gasteiger partial charge < -0.3 is 14.3 Å². The van der Waals surface area contributed by atoms with E-state index in [9.17, 15) is 23.1 Å². The lowest BCUT2D eigenvalue weighted by Gasteiger charge is -2.10. The number of aromatic carboxylic acids is 1. The van der Waals surface area contributed by atoms with Crippen molar-refractivity contribution in [3.05, 3.63) is 93.0 Å². The summed E-state index contributed by atoms with van der Waals surface area (Å²) in [5.74, 6) is -3.11. The van der Waals surface area contributed by atoms with Crippen molar-refractivity contribution in [2.45, 2.75) is 17.9 Å². The molecule has 0 radical (unpaired) electrons. The third kappa shape index (κ3) is 5.08. The van der Waals surface area contributed by atoms with Crippen LogP contribution in [0.2, 0.25) is 5.02 Å². The van der Waals surface area contributed by atoms with Crippen LogP contribution in [0.15, 0.2) is 74.8 Å². The Hall–Kier alpha value is -3.10. The molecule has 3 rings (SSSR count). The van der Waals surface area contributed by atoms with Crippen LogP contribution in [-0.4, -0.2) is 25.2 Å².